The Bertz CT molecular complexity index is 478. The molecule has 0 amide bonds. The molecule has 0 bridgehead atoms. The highest BCUT2D eigenvalue weighted by Crippen LogP contribution is 2.19. The zero-order valence-corrected chi connectivity index (χ0v) is 10.4. The Labute approximate surface area is 96.9 Å². The maximum Gasteiger partial charge on any atom is 0.0645 e. The van der Waals surface area contributed by atoms with E-state index < -0.39 is 0 Å². The van der Waals surface area contributed by atoms with Gasteiger partial charge in [-0.25, -0.2) is 4.68 Å². The maximum atomic E-state index is 4.55. The van der Waals surface area contributed by atoms with Crippen molar-refractivity contribution in [3.8, 4) is 5.69 Å². The van der Waals surface area contributed by atoms with Crippen molar-refractivity contribution >= 4 is 0 Å². The molecule has 1 heterocycles. The van der Waals surface area contributed by atoms with Gasteiger partial charge in [-0.1, -0.05) is 31.5 Å². The minimum Gasteiger partial charge on any atom is -0.240 e. The van der Waals surface area contributed by atoms with E-state index in [2.05, 4.69) is 63.3 Å². The van der Waals surface area contributed by atoms with Gasteiger partial charge in [0.25, 0.3) is 0 Å². The van der Waals surface area contributed by atoms with Crippen LogP contribution in [0.2, 0.25) is 0 Å². The van der Waals surface area contributed by atoms with E-state index in [-0.39, 0.29) is 0 Å². The topological polar surface area (TPSA) is 17.8 Å². The second kappa shape index (κ2) is 4.12. The number of benzene rings is 1. The fraction of sp³-hybridized carbons (Fsp3) is 0.357. The molecule has 16 heavy (non-hydrogen) atoms. The Hall–Kier alpha value is -1.57. The molecule has 0 radical (unpaired) electrons. The van der Waals surface area contributed by atoms with E-state index in [4.69, 9.17) is 0 Å². The lowest BCUT2D eigenvalue weighted by Crippen LogP contribution is -1.94. The monoisotopic (exact) mass is 214 g/mol. The highest BCUT2D eigenvalue weighted by atomic mass is 15.3. The molecule has 0 aliphatic carbocycles. The van der Waals surface area contributed by atoms with Gasteiger partial charge in [0.05, 0.1) is 11.4 Å². The number of hydrogen-bond acceptors (Lipinski definition) is 1. The summed E-state index contributed by atoms with van der Waals surface area (Å²) < 4.78 is 1.96. The summed E-state index contributed by atoms with van der Waals surface area (Å²) >= 11 is 0. The van der Waals surface area contributed by atoms with Crippen LogP contribution in [0.15, 0.2) is 30.5 Å². The molecule has 2 nitrogen and oxygen atoms in total. The van der Waals surface area contributed by atoms with Crippen LogP contribution < -0.4 is 0 Å². The molecular formula is C14H18N2. The first-order valence-corrected chi connectivity index (χ1v) is 5.71. The summed E-state index contributed by atoms with van der Waals surface area (Å²) in [5.41, 5.74) is 4.84. The molecule has 1 aromatic heterocycles. The predicted molar refractivity (Wildman–Crippen MR) is 67.1 cm³/mol. The van der Waals surface area contributed by atoms with E-state index in [1.807, 2.05) is 4.68 Å². The summed E-state index contributed by atoms with van der Waals surface area (Å²) in [5.74, 6) is 0.527. The van der Waals surface area contributed by atoms with Crippen molar-refractivity contribution in [2.75, 3.05) is 0 Å². The quantitative estimate of drug-likeness (QED) is 0.746. The van der Waals surface area contributed by atoms with Crippen molar-refractivity contribution in [2.24, 2.45) is 0 Å². The van der Waals surface area contributed by atoms with Gasteiger partial charge in [-0.3, -0.25) is 0 Å². The molecule has 0 atom stereocenters. The first kappa shape index (κ1) is 10.9. The van der Waals surface area contributed by atoms with Crippen LogP contribution in [-0.4, -0.2) is 9.78 Å². The smallest absolute Gasteiger partial charge is 0.0645 e. The van der Waals surface area contributed by atoms with Gasteiger partial charge in [0.15, 0.2) is 0 Å². The lowest BCUT2D eigenvalue weighted by atomic mass is 10.1. The van der Waals surface area contributed by atoms with E-state index in [1.54, 1.807) is 0 Å². The van der Waals surface area contributed by atoms with E-state index in [0.717, 1.165) is 11.4 Å². The third-order valence-electron chi connectivity index (χ3n) is 2.86. The summed E-state index contributed by atoms with van der Waals surface area (Å²) in [6.07, 6.45) is 2.13. The summed E-state index contributed by atoms with van der Waals surface area (Å²) in [5, 5.41) is 4.55. The lowest BCUT2D eigenvalue weighted by molar-refractivity contribution is 0.857. The summed E-state index contributed by atoms with van der Waals surface area (Å²) in [6, 6.07) is 8.43. The van der Waals surface area contributed by atoms with Gasteiger partial charge in [-0.15, -0.1) is 0 Å². The van der Waals surface area contributed by atoms with Crippen molar-refractivity contribution in [1.29, 1.82) is 0 Å². The SMILES string of the molecule is Cc1ccc(-n2cc(C(C)C)c(C)n2)cc1. The fourth-order valence-electron chi connectivity index (χ4n) is 1.87. The van der Waals surface area contributed by atoms with Crippen molar-refractivity contribution in [3.63, 3.8) is 0 Å². The highest BCUT2D eigenvalue weighted by molar-refractivity contribution is 5.35. The highest BCUT2D eigenvalue weighted by Gasteiger charge is 2.08. The van der Waals surface area contributed by atoms with Gasteiger partial charge in [-0.2, -0.15) is 5.10 Å². The average molecular weight is 214 g/mol. The molecule has 0 spiro atoms. The molecule has 0 saturated heterocycles. The van der Waals surface area contributed by atoms with Crippen LogP contribution in [0.5, 0.6) is 0 Å². The Kier molecular flexibility index (Phi) is 2.82. The maximum absolute atomic E-state index is 4.55. The van der Waals surface area contributed by atoms with Crippen molar-refractivity contribution in [1.82, 2.24) is 9.78 Å². The van der Waals surface area contributed by atoms with E-state index in [9.17, 15) is 0 Å². The number of aryl methyl sites for hydroxylation is 2. The molecule has 2 heteroatoms. The van der Waals surface area contributed by atoms with Crippen LogP contribution in [0.25, 0.3) is 5.69 Å². The molecule has 0 saturated carbocycles. The predicted octanol–water partition coefficient (Wildman–Crippen LogP) is 3.61. The molecule has 0 unspecified atom stereocenters. The standard InChI is InChI=1S/C14H18N2/c1-10(2)14-9-16(15-12(14)4)13-7-5-11(3)6-8-13/h5-10H,1-4H3. The molecule has 2 aromatic rings. The molecule has 2 rings (SSSR count). The second-order valence-corrected chi connectivity index (χ2v) is 4.60. The Morgan fingerprint density at radius 3 is 2.19 bits per heavy atom. The summed E-state index contributed by atoms with van der Waals surface area (Å²) in [6.45, 7) is 8.56. The third-order valence-corrected chi connectivity index (χ3v) is 2.86. The van der Waals surface area contributed by atoms with Crippen molar-refractivity contribution in [3.05, 3.63) is 47.3 Å². The van der Waals surface area contributed by atoms with Gasteiger partial charge in [0.1, 0.15) is 0 Å². The first-order valence-electron chi connectivity index (χ1n) is 5.71. The Morgan fingerprint density at radius 2 is 1.69 bits per heavy atom. The molecule has 84 valence electrons. The van der Waals surface area contributed by atoms with E-state index >= 15 is 0 Å². The van der Waals surface area contributed by atoms with E-state index in [0.29, 0.717) is 5.92 Å². The average Bonchev–Trinajstić information content (AvgIpc) is 2.61. The van der Waals surface area contributed by atoms with Gasteiger partial charge in [0, 0.05) is 6.20 Å². The molecule has 0 fully saturated rings. The molecular weight excluding hydrogens is 196 g/mol. The molecule has 0 N–H and O–H groups in total. The number of hydrogen-bond donors (Lipinski definition) is 0. The van der Waals surface area contributed by atoms with Crippen LogP contribution in [-0.2, 0) is 0 Å². The second-order valence-electron chi connectivity index (χ2n) is 4.60. The van der Waals surface area contributed by atoms with Crippen LogP contribution in [0.1, 0.15) is 36.6 Å². The van der Waals surface area contributed by atoms with E-state index in [1.165, 1.54) is 11.1 Å². The van der Waals surface area contributed by atoms with Gasteiger partial charge in [-0.05, 0) is 37.5 Å². The Balaban J connectivity index is 2.41. The number of aromatic nitrogens is 2. The summed E-state index contributed by atoms with van der Waals surface area (Å²) in [7, 11) is 0. The van der Waals surface area contributed by atoms with Gasteiger partial charge in [0.2, 0.25) is 0 Å². The Morgan fingerprint density at radius 1 is 1.06 bits per heavy atom. The summed E-state index contributed by atoms with van der Waals surface area (Å²) in [4.78, 5) is 0. The van der Waals surface area contributed by atoms with Gasteiger partial charge < -0.3 is 0 Å². The van der Waals surface area contributed by atoms with Crippen LogP contribution >= 0.6 is 0 Å². The molecule has 0 aliphatic rings. The first-order chi connectivity index (χ1) is 7.58. The largest absolute Gasteiger partial charge is 0.240 e. The van der Waals surface area contributed by atoms with Gasteiger partial charge >= 0.3 is 0 Å². The number of nitrogens with zero attached hydrogens (tertiary/aromatic N) is 2. The molecule has 1 aromatic carbocycles. The minimum atomic E-state index is 0.527. The zero-order valence-electron chi connectivity index (χ0n) is 10.4. The van der Waals surface area contributed by atoms with Crippen molar-refractivity contribution < 1.29 is 0 Å². The normalized spacial score (nSPS) is 11.1. The number of rotatable bonds is 2. The lowest BCUT2D eigenvalue weighted by Gasteiger charge is -2.01. The zero-order chi connectivity index (χ0) is 11.7. The van der Waals surface area contributed by atoms with Crippen LogP contribution in [0.4, 0.5) is 0 Å². The van der Waals surface area contributed by atoms with Crippen molar-refractivity contribution in [2.45, 2.75) is 33.6 Å². The van der Waals surface area contributed by atoms with Crippen LogP contribution in [0, 0.1) is 13.8 Å². The van der Waals surface area contributed by atoms with Crippen LogP contribution in [0.3, 0.4) is 0 Å². The minimum absolute atomic E-state index is 0.527. The molecule has 0 aliphatic heterocycles. The third kappa shape index (κ3) is 2.01. The fourth-order valence-corrected chi connectivity index (χ4v) is 1.87.